The van der Waals surface area contributed by atoms with Gasteiger partial charge in [-0.05, 0) is 40.8 Å². The fraction of sp³-hybridized carbons (Fsp3) is 0.111. The fourth-order valence-corrected chi connectivity index (χ4v) is 2.40. The van der Waals surface area contributed by atoms with E-state index in [2.05, 4.69) is 0 Å². The van der Waals surface area contributed by atoms with Crippen LogP contribution in [0.4, 0.5) is 0 Å². The predicted octanol–water partition coefficient (Wildman–Crippen LogP) is 0.595. The molecule has 0 fully saturated rings. The molecule has 0 bridgehead atoms. The summed E-state index contributed by atoms with van der Waals surface area (Å²) in [5.41, 5.74) is 0.909. The zero-order valence-electron chi connectivity index (χ0n) is 7.56. The molecule has 2 aromatic rings. The van der Waals surface area contributed by atoms with Gasteiger partial charge >= 0.3 is 7.12 Å². The Balaban J connectivity index is 2.86. The smallest absolute Gasteiger partial charge is 0.489 e. The Morgan fingerprint density at radius 3 is 2.71 bits per heavy atom. The highest BCUT2D eigenvalue weighted by Gasteiger charge is 2.20. The lowest BCUT2D eigenvalue weighted by molar-refractivity contribution is 0.424. The molecule has 72 valence electrons. The third-order valence-electron chi connectivity index (χ3n) is 2.30. The summed E-state index contributed by atoms with van der Waals surface area (Å²) in [5, 5.41) is 30.6. The third-order valence-corrected chi connectivity index (χ3v) is 3.16. The highest BCUT2D eigenvalue weighted by atomic mass is 32.1. The minimum atomic E-state index is -1.54. The van der Waals surface area contributed by atoms with E-state index in [4.69, 9.17) is 0 Å². The van der Waals surface area contributed by atoms with Crippen molar-refractivity contribution in [1.82, 2.24) is 0 Å². The van der Waals surface area contributed by atoms with Crippen molar-refractivity contribution in [3.8, 4) is 5.75 Å². The first kappa shape index (κ1) is 9.52. The zero-order valence-corrected chi connectivity index (χ0v) is 8.38. The number of rotatable bonds is 1. The molecule has 0 spiro atoms. The van der Waals surface area contributed by atoms with E-state index in [0.29, 0.717) is 11.0 Å². The van der Waals surface area contributed by atoms with Crippen LogP contribution in [0.25, 0.3) is 10.1 Å². The van der Waals surface area contributed by atoms with E-state index in [0.717, 1.165) is 10.1 Å². The first-order valence-electron chi connectivity index (χ1n) is 4.17. The summed E-state index contributed by atoms with van der Waals surface area (Å²) < 4.78 is 0.858. The summed E-state index contributed by atoms with van der Waals surface area (Å²) in [6, 6.07) is 3.46. The van der Waals surface area contributed by atoms with Gasteiger partial charge in [-0.2, -0.15) is 0 Å². The van der Waals surface area contributed by atoms with Crippen molar-refractivity contribution in [2.45, 2.75) is 6.92 Å². The Labute approximate surface area is 85.4 Å². The van der Waals surface area contributed by atoms with E-state index >= 15 is 0 Å². The Hall–Kier alpha value is -1.04. The molecule has 3 nitrogen and oxygen atoms in total. The maximum atomic E-state index is 9.55. The summed E-state index contributed by atoms with van der Waals surface area (Å²) in [4.78, 5) is 0. The average Bonchev–Trinajstić information content (AvgIpc) is 2.52. The van der Waals surface area contributed by atoms with Gasteiger partial charge in [-0.15, -0.1) is 11.3 Å². The van der Waals surface area contributed by atoms with Crippen LogP contribution in [0.2, 0.25) is 0 Å². The molecule has 0 amide bonds. The number of fused-ring (bicyclic) bond motifs is 1. The summed E-state index contributed by atoms with van der Waals surface area (Å²) in [6.07, 6.45) is 0. The van der Waals surface area contributed by atoms with Crippen molar-refractivity contribution in [3.63, 3.8) is 0 Å². The van der Waals surface area contributed by atoms with E-state index < -0.39 is 7.12 Å². The quantitative estimate of drug-likeness (QED) is 0.601. The Morgan fingerprint density at radius 2 is 2.07 bits per heavy atom. The molecule has 0 saturated carbocycles. The fourth-order valence-electron chi connectivity index (χ4n) is 1.56. The number of hydrogen-bond acceptors (Lipinski definition) is 4. The van der Waals surface area contributed by atoms with Crippen molar-refractivity contribution in [2.75, 3.05) is 0 Å². The van der Waals surface area contributed by atoms with Gasteiger partial charge in [0.15, 0.2) is 0 Å². The molecular weight excluding hydrogens is 199 g/mol. The topological polar surface area (TPSA) is 60.7 Å². The van der Waals surface area contributed by atoms with Gasteiger partial charge in [0.25, 0.3) is 0 Å². The highest BCUT2D eigenvalue weighted by Crippen LogP contribution is 2.26. The van der Waals surface area contributed by atoms with Crippen molar-refractivity contribution in [2.24, 2.45) is 0 Å². The number of phenols is 1. The minimum absolute atomic E-state index is 0.100. The van der Waals surface area contributed by atoms with Crippen molar-refractivity contribution in [1.29, 1.82) is 0 Å². The standard InChI is InChI=1S/C9H9BO3S/c1-5-7(11)4-8-6(2-3-14-8)9(5)10(12)13/h2-4,11-13H,1H3. The first-order chi connectivity index (χ1) is 6.61. The largest absolute Gasteiger partial charge is 0.508 e. The summed E-state index contributed by atoms with van der Waals surface area (Å²) in [6.45, 7) is 1.67. The second-order valence-corrected chi connectivity index (χ2v) is 4.09. The van der Waals surface area contributed by atoms with Crippen LogP contribution >= 0.6 is 11.3 Å². The van der Waals surface area contributed by atoms with E-state index in [1.165, 1.54) is 11.3 Å². The highest BCUT2D eigenvalue weighted by molar-refractivity contribution is 7.17. The Bertz CT molecular complexity index is 478. The summed E-state index contributed by atoms with van der Waals surface area (Å²) >= 11 is 1.46. The van der Waals surface area contributed by atoms with Crippen LogP contribution in [0.3, 0.4) is 0 Å². The van der Waals surface area contributed by atoms with Crippen molar-refractivity contribution in [3.05, 3.63) is 23.1 Å². The van der Waals surface area contributed by atoms with Crippen LogP contribution < -0.4 is 5.46 Å². The van der Waals surface area contributed by atoms with Crippen LogP contribution in [0.1, 0.15) is 5.56 Å². The second-order valence-electron chi connectivity index (χ2n) is 3.14. The van der Waals surface area contributed by atoms with Crippen molar-refractivity contribution < 1.29 is 15.2 Å². The van der Waals surface area contributed by atoms with Gasteiger partial charge in [0, 0.05) is 4.70 Å². The van der Waals surface area contributed by atoms with Gasteiger partial charge in [0.05, 0.1) is 0 Å². The SMILES string of the molecule is Cc1c(O)cc2sccc2c1B(O)O. The van der Waals surface area contributed by atoms with Crippen LogP contribution in [0.5, 0.6) is 5.75 Å². The van der Waals surface area contributed by atoms with Gasteiger partial charge in [0.1, 0.15) is 5.75 Å². The van der Waals surface area contributed by atoms with Crippen LogP contribution in [-0.2, 0) is 0 Å². The molecule has 0 saturated heterocycles. The molecule has 1 heterocycles. The average molecular weight is 208 g/mol. The summed E-state index contributed by atoms with van der Waals surface area (Å²) in [5.74, 6) is 0.100. The maximum absolute atomic E-state index is 9.55. The Kier molecular flexibility index (Phi) is 2.22. The molecule has 0 aliphatic carbocycles. The second kappa shape index (κ2) is 3.27. The molecule has 3 N–H and O–H groups in total. The third kappa shape index (κ3) is 1.30. The molecule has 0 aliphatic heterocycles. The molecule has 0 atom stereocenters. The van der Waals surface area contributed by atoms with Crippen molar-refractivity contribution >= 4 is 34.0 Å². The van der Waals surface area contributed by atoms with E-state index in [1.54, 1.807) is 13.0 Å². The number of thiophene rings is 1. The minimum Gasteiger partial charge on any atom is -0.508 e. The molecule has 0 unspecified atom stereocenters. The van der Waals surface area contributed by atoms with Gasteiger partial charge in [-0.3, -0.25) is 0 Å². The molecule has 0 radical (unpaired) electrons. The molecule has 5 heteroatoms. The van der Waals surface area contributed by atoms with Crippen LogP contribution in [0, 0.1) is 6.92 Å². The van der Waals surface area contributed by atoms with E-state index in [9.17, 15) is 15.2 Å². The molecule has 2 rings (SSSR count). The predicted molar refractivity (Wildman–Crippen MR) is 58.1 cm³/mol. The van der Waals surface area contributed by atoms with E-state index in [1.807, 2.05) is 11.4 Å². The molecule has 14 heavy (non-hydrogen) atoms. The molecule has 0 aliphatic rings. The maximum Gasteiger partial charge on any atom is 0.489 e. The number of aromatic hydroxyl groups is 1. The number of benzene rings is 1. The number of phenolic OH excluding ortho intramolecular Hbond substituents is 1. The van der Waals surface area contributed by atoms with Gasteiger partial charge < -0.3 is 15.2 Å². The van der Waals surface area contributed by atoms with Gasteiger partial charge in [-0.25, -0.2) is 0 Å². The first-order valence-corrected chi connectivity index (χ1v) is 5.05. The monoisotopic (exact) mass is 208 g/mol. The molecule has 1 aromatic carbocycles. The normalized spacial score (nSPS) is 10.8. The van der Waals surface area contributed by atoms with Crippen LogP contribution in [-0.4, -0.2) is 22.3 Å². The lowest BCUT2D eigenvalue weighted by atomic mass is 9.75. The van der Waals surface area contributed by atoms with Crippen LogP contribution in [0.15, 0.2) is 17.5 Å². The molecule has 1 aromatic heterocycles. The van der Waals surface area contributed by atoms with E-state index in [-0.39, 0.29) is 5.75 Å². The van der Waals surface area contributed by atoms with Gasteiger partial charge in [-0.1, -0.05) is 0 Å². The molecular formula is C9H9BO3S. The lowest BCUT2D eigenvalue weighted by Gasteiger charge is -2.08. The van der Waals surface area contributed by atoms with Gasteiger partial charge in [0.2, 0.25) is 0 Å². The summed E-state index contributed by atoms with van der Waals surface area (Å²) in [7, 11) is -1.54. The zero-order chi connectivity index (χ0) is 10.3. The number of hydrogen-bond donors (Lipinski definition) is 3. The lowest BCUT2D eigenvalue weighted by Crippen LogP contribution is -2.32. The Morgan fingerprint density at radius 1 is 1.36 bits per heavy atom.